The number of rotatable bonds is 8. The van der Waals surface area contributed by atoms with Gasteiger partial charge in [0.05, 0.1) is 11.4 Å². The molecule has 0 atom stereocenters. The minimum Gasteiger partial charge on any atom is -0.481 e. The topological polar surface area (TPSA) is 55.1 Å². The van der Waals surface area contributed by atoms with Gasteiger partial charge in [-0.15, -0.1) is 0 Å². The van der Waals surface area contributed by atoms with Crippen molar-refractivity contribution in [3.05, 3.63) is 53.4 Å². The second kappa shape index (κ2) is 7.95. The molecule has 0 amide bonds. The maximum absolute atomic E-state index is 10.5. The molecule has 0 saturated heterocycles. The predicted octanol–water partition coefficient (Wildman–Crippen LogP) is 4.41. The summed E-state index contributed by atoms with van der Waals surface area (Å²) in [6, 6.07) is 10.3. The molecule has 0 radical (unpaired) electrons. The summed E-state index contributed by atoms with van der Waals surface area (Å²) < 4.78 is 2.09. The standard InChI is InChI=1S/C20H24N2O2/c23-20(24)15-8-3-1-2-7-13-18-17-12-9-14-19(17)22(21-18)16-10-5-4-6-11-16/h4-7,10-11,13H,1-3,8-9,12,14-15H2,(H,23,24). The molecule has 0 aliphatic heterocycles. The van der Waals surface area contributed by atoms with E-state index in [0.717, 1.165) is 49.9 Å². The molecule has 3 rings (SSSR count). The van der Waals surface area contributed by atoms with Crippen LogP contribution in [0, 0.1) is 0 Å². The molecule has 1 aromatic heterocycles. The van der Waals surface area contributed by atoms with E-state index in [-0.39, 0.29) is 6.42 Å². The summed E-state index contributed by atoms with van der Waals surface area (Å²) in [6.07, 6.45) is 11.7. The molecule has 0 bridgehead atoms. The molecule has 1 aromatic carbocycles. The summed E-state index contributed by atoms with van der Waals surface area (Å²) in [4.78, 5) is 10.5. The third-order valence-electron chi connectivity index (χ3n) is 4.50. The minimum absolute atomic E-state index is 0.276. The number of carboxylic acids is 1. The lowest BCUT2D eigenvalue weighted by atomic mass is 10.1. The summed E-state index contributed by atoms with van der Waals surface area (Å²) in [6.45, 7) is 0. The molecule has 1 aliphatic carbocycles. The van der Waals surface area contributed by atoms with Crippen LogP contribution in [0.1, 0.15) is 55.5 Å². The van der Waals surface area contributed by atoms with E-state index in [1.54, 1.807) is 0 Å². The number of allylic oxidation sites excluding steroid dienone is 1. The van der Waals surface area contributed by atoms with Gasteiger partial charge < -0.3 is 5.11 Å². The summed E-state index contributed by atoms with van der Waals surface area (Å²) in [7, 11) is 0. The van der Waals surface area contributed by atoms with Crippen LogP contribution in [0.3, 0.4) is 0 Å². The van der Waals surface area contributed by atoms with Gasteiger partial charge in [0, 0.05) is 17.7 Å². The molecule has 1 heterocycles. The molecule has 1 aliphatic rings. The Morgan fingerprint density at radius 3 is 2.79 bits per heavy atom. The van der Waals surface area contributed by atoms with Gasteiger partial charge in [-0.2, -0.15) is 5.10 Å². The molecule has 4 heteroatoms. The van der Waals surface area contributed by atoms with E-state index >= 15 is 0 Å². The quantitative estimate of drug-likeness (QED) is 0.732. The third-order valence-corrected chi connectivity index (χ3v) is 4.50. The van der Waals surface area contributed by atoms with Crippen LogP contribution in [0.2, 0.25) is 0 Å². The highest BCUT2D eigenvalue weighted by Gasteiger charge is 2.21. The largest absolute Gasteiger partial charge is 0.481 e. The van der Waals surface area contributed by atoms with Gasteiger partial charge in [0.1, 0.15) is 0 Å². The fourth-order valence-corrected chi connectivity index (χ4v) is 3.29. The lowest BCUT2D eigenvalue weighted by Gasteiger charge is -2.04. The number of benzene rings is 1. The van der Waals surface area contributed by atoms with Gasteiger partial charge in [-0.1, -0.05) is 30.7 Å². The zero-order valence-electron chi connectivity index (χ0n) is 13.9. The highest BCUT2D eigenvalue weighted by atomic mass is 16.4. The van der Waals surface area contributed by atoms with Gasteiger partial charge in [-0.05, 0) is 56.7 Å². The second-order valence-electron chi connectivity index (χ2n) is 6.31. The van der Waals surface area contributed by atoms with E-state index in [4.69, 9.17) is 10.2 Å². The van der Waals surface area contributed by atoms with Crippen LogP contribution in [0.15, 0.2) is 36.4 Å². The van der Waals surface area contributed by atoms with E-state index in [0.29, 0.717) is 0 Å². The first kappa shape index (κ1) is 16.5. The number of hydrogen-bond donors (Lipinski definition) is 1. The monoisotopic (exact) mass is 324 g/mol. The number of para-hydroxylation sites is 1. The molecule has 0 saturated carbocycles. The van der Waals surface area contributed by atoms with Crippen molar-refractivity contribution in [1.29, 1.82) is 0 Å². The SMILES string of the molecule is O=C(O)CCCCCC=Cc1nn(-c2ccccc2)c2c1CCC2. The van der Waals surface area contributed by atoms with Gasteiger partial charge in [0.15, 0.2) is 0 Å². The van der Waals surface area contributed by atoms with E-state index < -0.39 is 5.97 Å². The summed E-state index contributed by atoms with van der Waals surface area (Å²) in [5.74, 6) is -0.701. The smallest absolute Gasteiger partial charge is 0.303 e. The van der Waals surface area contributed by atoms with E-state index in [9.17, 15) is 4.79 Å². The molecule has 0 unspecified atom stereocenters. The van der Waals surface area contributed by atoms with Crippen LogP contribution < -0.4 is 0 Å². The zero-order chi connectivity index (χ0) is 16.8. The maximum Gasteiger partial charge on any atom is 0.303 e. The highest BCUT2D eigenvalue weighted by molar-refractivity contribution is 5.66. The Bertz CT molecular complexity index is 717. The molecule has 126 valence electrons. The number of aliphatic carboxylic acids is 1. The van der Waals surface area contributed by atoms with Crippen LogP contribution in [-0.2, 0) is 17.6 Å². The number of nitrogens with zero attached hydrogens (tertiary/aromatic N) is 2. The zero-order valence-corrected chi connectivity index (χ0v) is 13.9. The van der Waals surface area contributed by atoms with Crippen molar-refractivity contribution in [2.75, 3.05) is 0 Å². The third kappa shape index (κ3) is 3.94. The molecule has 1 N–H and O–H groups in total. The minimum atomic E-state index is -0.701. The van der Waals surface area contributed by atoms with Crippen molar-refractivity contribution >= 4 is 12.0 Å². The second-order valence-corrected chi connectivity index (χ2v) is 6.31. The molecular weight excluding hydrogens is 300 g/mol. The van der Waals surface area contributed by atoms with Gasteiger partial charge in [0.25, 0.3) is 0 Å². The number of hydrogen-bond acceptors (Lipinski definition) is 2. The Balaban J connectivity index is 1.62. The Kier molecular flexibility index (Phi) is 5.47. The molecular formula is C20H24N2O2. The highest BCUT2D eigenvalue weighted by Crippen LogP contribution is 2.28. The number of carbonyl (C=O) groups is 1. The average molecular weight is 324 g/mol. The van der Waals surface area contributed by atoms with Gasteiger partial charge in [-0.25, -0.2) is 4.68 Å². The van der Waals surface area contributed by atoms with E-state index in [1.807, 2.05) is 18.2 Å². The number of aromatic nitrogens is 2. The van der Waals surface area contributed by atoms with E-state index in [2.05, 4.69) is 29.0 Å². The summed E-state index contributed by atoms with van der Waals surface area (Å²) in [5.41, 5.74) is 4.96. The van der Waals surface area contributed by atoms with Crippen molar-refractivity contribution in [3.63, 3.8) is 0 Å². The van der Waals surface area contributed by atoms with Gasteiger partial charge in [0.2, 0.25) is 0 Å². The number of unbranched alkanes of at least 4 members (excludes halogenated alkanes) is 3. The van der Waals surface area contributed by atoms with Crippen molar-refractivity contribution in [2.24, 2.45) is 0 Å². The Morgan fingerprint density at radius 2 is 2.00 bits per heavy atom. The van der Waals surface area contributed by atoms with Crippen LogP contribution in [0.5, 0.6) is 0 Å². The molecule has 4 nitrogen and oxygen atoms in total. The molecule has 2 aromatic rings. The van der Waals surface area contributed by atoms with Crippen LogP contribution in [0.25, 0.3) is 11.8 Å². The van der Waals surface area contributed by atoms with Gasteiger partial charge >= 0.3 is 5.97 Å². The lowest BCUT2D eigenvalue weighted by molar-refractivity contribution is -0.137. The average Bonchev–Trinajstić information content (AvgIpc) is 3.18. The first-order valence-corrected chi connectivity index (χ1v) is 8.80. The fraction of sp³-hybridized carbons (Fsp3) is 0.400. The maximum atomic E-state index is 10.5. The normalized spacial score (nSPS) is 13.5. The summed E-state index contributed by atoms with van der Waals surface area (Å²) in [5, 5.41) is 13.4. The van der Waals surface area contributed by atoms with Crippen LogP contribution in [0.4, 0.5) is 0 Å². The van der Waals surface area contributed by atoms with Crippen molar-refractivity contribution < 1.29 is 9.90 Å². The van der Waals surface area contributed by atoms with Crippen LogP contribution in [-0.4, -0.2) is 20.9 Å². The van der Waals surface area contributed by atoms with Crippen molar-refractivity contribution in [2.45, 2.75) is 51.4 Å². The summed E-state index contributed by atoms with van der Waals surface area (Å²) >= 11 is 0. The lowest BCUT2D eigenvalue weighted by Crippen LogP contribution is -2.00. The van der Waals surface area contributed by atoms with Crippen molar-refractivity contribution in [3.8, 4) is 5.69 Å². The molecule has 0 spiro atoms. The first-order chi connectivity index (χ1) is 11.8. The fourth-order valence-electron chi connectivity index (χ4n) is 3.29. The molecule has 0 fully saturated rings. The molecule has 24 heavy (non-hydrogen) atoms. The van der Waals surface area contributed by atoms with Crippen LogP contribution >= 0.6 is 0 Å². The number of fused-ring (bicyclic) bond motifs is 1. The number of carboxylic acid groups (broad SMARTS) is 1. The first-order valence-electron chi connectivity index (χ1n) is 8.80. The predicted molar refractivity (Wildman–Crippen MR) is 95.3 cm³/mol. The Labute approximate surface area is 142 Å². The Hall–Kier alpha value is -2.36. The van der Waals surface area contributed by atoms with Crippen molar-refractivity contribution in [1.82, 2.24) is 9.78 Å². The van der Waals surface area contributed by atoms with E-state index in [1.165, 1.54) is 17.7 Å². The van der Waals surface area contributed by atoms with Gasteiger partial charge in [-0.3, -0.25) is 4.79 Å². The Morgan fingerprint density at radius 1 is 1.17 bits per heavy atom.